The molecule has 5 heteroatoms. The molecule has 2 atom stereocenters. The Morgan fingerprint density at radius 1 is 1.37 bits per heavy atom. The molecule has 0 aliphatic rings. The molecule has 102 valence electrons. The molecule has 1 rings (SSSR count). The Hall–Kier alpha value is -2.06. The number of nitriles is 1. The number of nitrogens with zero attached hydrogens (tertiary/aromatic N) is 1. The average Bonchev–Trinajstić information content (AvgIpc) is 2.34. The van der Waals surface area contributed by atoms with Crippen LogP contribution in [0.2, 0.25) is 0 Å². The minimum atomic E-state index is -1.34. The number of amides is 1. The second-order valence-corrected chi connectivity index (χ2v) is 5.11. The van der Waals surface area contributed by atoms with E-state index in [1.54, 1.807) is 51.1 Å². The third-order valence-electron chi connectivity index (χ3n) is 2.28. The van der Waals surface area contributed by atoms with Gasteiger partial charge in [0.05, 0.1) is 12.1 Å². The van der Waals surface area contributed by atoms with Crippen LogP contribution in [0.1, 0.15) is 32.4 Å². The maximum atomic E-state index is 11.7. The smallest absolute Gasteiger partial charge is 0.408 e. The van der Waals surface area contributed by atoms with E-state index in [1.807, 2.05) is 6.07 Å². The van der Waals surface area contributed by atoms with Crippen LogP contribution in [-0.4, -0.2) is 22.9 Å². The zero-order valence-electron chi connectivity index (χ0n) is 11.3. The Balaban J connectivity index is 2.83. The summed E-state index contributed by atoms with van der Waals surface area (Å²) >= 11 is 0. The molecule has 0 aromatic heterocycles. The van der Waals surface area contributed by atoms with E-state index in [0.29, 0.717) is 5.56 Å². The summed E-state index contributed by atoms with van der Waals surface area (Å²) in [6.45, 7) is 5.22. The molecule has 1 unspecified atom stereocenters. The lowest BCUT2D eigenvalue weighted by Gasteiger charge is -2.24. The standard InChI is InChI=1S/C14H18N2O3/c1-14(2,3)19-13(18)16-12(11(17)9-15)10-7-5-4-6-8-10/h4-8,11-12,17H,1-3H3,(H,16,18)/t11?,12-/m1/s1. The SMILES string of the molecule is CC(C)(C)OC(=O)N[C@H](c1ccccc1)C(O)C#N. The monoisotopic (exact) mass is 262 g/mol. The lowest BCUT2D eigenvalue weighted by Crippen LogP contribution is -2.39. The van der Waals surface area contributed by atoms with Crippen molar-refractivity contribution in [2.24, 2.45) is 0 Å². The van der Waals surface area contributed by atoms with Crippen LogP contribution < -0.4 is 5.32 Å². The molecule has 2 N–H and O–H groups in total. The molecule has 0 spiro atoms. The Morgan fingerprint density at radius 3 is 2.42 bits per heavy atom. The molecule has 0 aliphatic carbocycles. The Bertz CT molecular complexity index is 460. The largest absolute Gasteiger partial charge is 0.444 e. The number of carbonyl (C=O) groups excluding carboxylic acids is 1. The van der Waals surface area contributed by atoms with Crippen molar-refractivity contribution in [2.45, 2.75) is 38.5 Å². The molecule has 1 amide bonds. The van der Waals surface area contributed by atoms with Crippen molar-refractivity contribution in [3.05, 3.63) is 35.9 Å². The van der Waals surface area contributed by atoms with Crippen molar-refractivity contribution in [1.82, 2.24) is 5.32 Å². The first-order valence-electron chi connectivity index (χ1n) is 5.95. The van der Waals surface area contributed by atoms with E-state index < -0.39 is 23.8 Å². The van der Waals surface area contributed by atoms with E-state index in [9.17, 15) is 9.90 Å². The van der Waals surface area contributed by atoms with Gasteiger partial charge in [0.25, 0.3) is 0 Å². The predicted octanol–water partition coefficient (Wildman–Crippen LogP) is 2.14. The Kier molecular flexibility index (Phi) is 4.90. The van der Waals surface area contributed by atoms with Gasteiger partial charge in [0, 0.05) is 0 Å². The topological polar surface area (TPSA) is 82.3 Å². The predicted molar refractivity (Wildman–Crippen MR) is 70.2 cm³/mol. The number of aliphatic hydroxyl groups is 1. The first-order chi connectivity index (χ1) is 8.83. The molecular formula is C14H18N2O3. The Labute approximate surface area is 112 Å². The van der Waals surface area contributed by atoms with Crippen molar-refractivity contribution in [2.75, 3.05) is 0 Å². The number of hydrogen-bond acceptors (Lipinski definition) is 4. The minimum Gasteiger partial charge on any atom is -0.444 e. The highest BCUT2D eigenvalue weighted by Gasteiger charge is 2.25. The summed E-state index contributed by atoms with van der Waals surface area (Å²) in [4.78, 5) is 11.7. The van der Waals surface area contributed by atoms with E-state index >= 15 is 0 Å². The molecule has 0 aliphatic heterocycles. The third kappa shape index (κ3) is 4.98. The lowest BCUT2D eigenvalue weighted by atomic mass is 10.0. The van der Waals surface area contributed by atoms with Crippen LogP contribution in [0.4, 0.5) is 4.79 Å². The molecule has 1 aromatic rings. The third-order valence-corrected chi connectivity index (χ3v) is 2.28. The first-order valence-corrected chi connectivity index (χ1v) is 5.95. The summed E-state index contributed by atoms with van der Waals surface area (Å²) in [5.74, 6) is 0. The van der Waals surface area contributed by atoms with Gasteiger partial charge in [-0.25, -0.2) is 4.79 Å². The number of benzene rings is 1. The van der Waals surface area contributed by atoms with Crippen LogP contribution in [-0.2, 0) is 4.74 Å². The summed E-state index contributed by atoms with van der Waals surface area (Å²) < 4.78 is 5.11. The fourth-order valence-electron chi connectivity index (χ4n) is 1.51. The van der Waals surface area contributed by atoms with Crippen LogP contribution in [0.15, 0.2) is 30.3 Å². The highest BCUT2D eigenvalue weighted by atomic mass is 16.6. The van der Waals surface area contributed by atoms with Gasteiger partial charge in [-0.15, -0.1) is 0 Å². The van der Waals surface area contributed by atoms with Crippen LogP contribution >= 0.6 is 0 Å². The summed E-state index contributed by atoms with van der Waals surface area (Å²) in [6.07, 6.45) is -2.01. The fourth-order valence-corrected chi connectivity index (χ4v) is 1.51. The van der Waals surface area contributed by atoms with E-state index in [4.69, 9.17) is 10.00 Å². The Morgan fingerprint density at radius 2 is 1.95 bits per heavy atom. The molecule has 0 bridgehead atoms. The van der Waals surface area contributed by atoms with Gasteiger partial charge in [0.2, 0.25) is 0 Å². The summed E-state index contributed by atoms with van der Waals surface area (Å²) in [5.41, 5.74) is 0.00512. The van der Waals surface area contributed by atoms with Crippen LogP contribution in [0, 0.1) is 11.3 Å². The van der Waals surface area contributed by atoms with Crippen molar-refractivity contribution >= 4 is 6.09 Å². The molecule has 0 radical (unpaired) electrons. The molecule has 0 saturated carbocycles. The number of aliphatic hydroxyl groups excluding tert-OH is 1. The molecule has 5 nitrogen and oxygen atoms in total. The number of carbonyl (C=O) groups is 1. The quantitative estimate of drug-likeness (QED) is 0.817. The molecule has 0 fully saturated rings. The maximum Gasteiger partial charge on any atom is 0.408 e. The number of rotatable bonds is 3. The molecule has 0 saturated heterocycles. The van der Waals surface area contributed by atoms with Crippen molar-refractivity contribution in [3.8, 4) is 6.07 Å². The molecule has 0 heterocycles. The first kappa shape index (κ1) is 15.0. The second kappa shape index (κ2) is 6.21. The van der Waals surface area contributed by atoms with Gasteiger partial charge in [-0.1, -0.05) is 30.3 Å². The van der Waals surface area contributed by atoms with Crippen molar-refractivity contribution < 1.29 is 14.6 Å². The number of hydrogen-bond donors (Lipinski definition) is 2. The maximum absolute atomic E-state index is 11.7. The van der Waals surface area contributed by atoms with Crippen molar-refractivity contribution in [1.29, 1.82) is 5.26 Å². The fraction of sp³-hybridized carbons (Fsp3) is 0.429. The van der Waals surface area contributed by atoms with Gasteiger partial charge in [0.15, 0.2) is 6.10 Å². The van der Waals surface area contributed by atoms with Crippen LogP contribution in [0.5, 0.6) is 0 Å². The summed E-state index contributed by atoms with van der Waals surface area (Å²) in [5, 5.41) is 21.0. The summed E-state index contributed by atoms with van der Waals surface area (Å²) in [7, 11) is 0. The number of alkyl carbamates (subject to hydrolysis) is 1. The zero-order chi connectivity index (χ0) is 14.5. The lowest BCUT2D eigenvalue weighted by molar-refractivity contribution is 0.0457. The normalized spacial score (nSPS) is 14.1. The van der Waals surface area contributed by atoms with E-state index in [0.717, 1.165) is 0 Å². The van der Waals surface area contributed by atoms with E-state index in [-0.39, 0.29) is 0 Å². The van der Waals surface area contributed by atoms with Gasteiger partial charge in [0.1, 0.15) is 5.60 Å². The molecule has 1 aromatic carbocycles. The van der Waals surface area contributed by atoms with Gasteiger partial charge in [-0.3, -0.25) is 0 Å². The molecular weight excluding hydrogens is 244 g/mol. The average molecular weight is 262 g/mol. The molecule has 19 heavy (non-hydrogen) atoms. The highest BCUT2D eigenvalue weighted by molar-refractivity contribution is 5.68. The highest BCUT2D eigenvalue weighted by Crippen LogP contribution is 2.17. The van der Waals surface area contributed by atoms with Crippen LogP contribution in [0.3, 0.4) is 0 Å². The van der Waals surface area contributed by atoms with Gasteiger partial charge in [-0.2, -0.15) is 5.26 Å². The number of ether oxygens (including phenoxy) is 1. The zero-order valence-corrected chi connectivity index (χ0v) is 11.3. The van der Waals surface area contributed by atoms with Gasteiger partial charge < -0.3 is 15.2 Å². The summed E-state index contributed by atoms with van der Waals surface area (Å²) in [6, 6.07) is 9.69. The minimum absolute atomic E-state index is 0.636. The number of nitrogens with one attached hydrogen (secondary N) is 1. The van der Waals surface area contributed by atoms with Crippen molar-refractivity contribution in [3.63, 3.8) is 0 Å². The van der Waals surface area contributed by atoms with Gasteiger partial charge in [-0.05, 0) is 26.3 Å². The van der Waals surface area contributed by atoms with Crippen LogP contribution in [0.25, 0.3) is 0 Å². The van der Waals surface area contributed by atoms with E-state index in [1.165, 1.54) is 0 Å². The van der Waals surface area contributed by atoms with E-state index in [2.05, 4.69) is 5.32 Å². The van der Waals surface area contributed by atoms with Gasteiger partial charge >= 0.3 is 6.09 Å². The second-order valence-electron chi connectivity index (χ2n) is 5.11.